The van der Waals surface area contributed by atoms with E-state index in [0.717, 1.165) is 47.9 Å². The van der Waals surface area contributed by atoms with E-state index in [1.165, 1.54) is 4.90 Å². The van der Waals surface area contributed by atoms with Crippen LogP contribution >= 0.6 is 0 Å². The maximum Gasteiger partial charge on any atom is 0.326 e. The fraction of sp³-hybridized carbons (Fsp3) is 0.375. The average Bonchev–Trinajstić information content (AvgIpc) is 3.40. The summed E-state index contributed by atoms with van der Waals surface area (Å²) in [4.78, 5) is 28.2. The van der Waals surface area contributed by atoms with E-state index in [1.54, 1.807) is 7.11 Å². The van der Waals surface area contributed by atoms with Gasteiger partial charge in [-0.1, -0.05) is 79.6 Å². The highest BCUT2D eigenvalue weighted by Gasteiger charge is 2.42. The molecule has 0 spiro atoms. The lowest BCUT2D eigenvalue weighted by molar-refractivity contribution is -0.166. The molecule has 0 saturated heterocycles. The molecule has 3 aromatic carbocycles. The minimum Gasteiger partial charge on any atom is -0.493 e. The molecule has 204 valence electrons. The van der Waals surface area contributed by atoms with Gasteiger partial charge in [0.05, 0.1) is 12.7 Å². The van der Waals surface area contributed by atoms with E-state index >= 15 is 0 Å². The summed E-state index contributed by atoms with van der Waals surface area (Å²) in [5, 5.41) is 10.3. The highest BCUT2D eigenvalue weighted by atomic mass is 16.5. The number of hydrogen-bond donors (Lipinski definition) is 1. The SMILES string of the molecule is COc1ccc2c(c1OCc1ccccc1)C[C@H](C(=O)O)N(C(=O)[C@H](OC1(C)CCCC1)c1ccccc1)C2. The Morgan fingerprint density at radius 3 is 2.31 bits per heavy atom. The van der Waals surface area contributed by atoms with Crippen molar-refractivity contribution < 1.29 is 28.9 Å². The molecule has 0 unspecified atom stereocenters. The Bertz CT molecular complexity index is 1300. The van der Waals surface area contributed by atoms with Crippen molar-refractivity contribution in [2.45, 2.75) is 69.9 Å². The van der Waals surface area contributed by atoms with Crippen LogP contribution in [0.2, 0.25) is 0 Å². The number of rotatable bonds is 9. The van der Waals surface area contributed by atoms with E-state index in [0.29, 0.717) is 18.1 Å². The third-order valence-electron chi connectivity index (χ3n) is 7.84. The zero-order valence-corrected chi connectivity index (χ0v) is 22.5. The van der Waals surface area contributed by atoms with Gasteiger partial charge in [0.25, 0.3) is 5.91 Å². The summed E-state index contributed by atoms with van der Waals surface area (Å²) in [5.41, 5.74) is 2.88. The van der Waals surface area contributed by atoms with E-state index in [9.17, 15) is 14.7 Å². The van der Waals surface area contributed by atoms with Crippen molar-refractivity contribution in [1.82, 2.24) is 4.90 Å². The molecule has 1 fully saturated rings. The summed E-state index contributed by atoms with van der Waals surface area (Å²) in [7, 11) is 1.57. The molecule has 0 bridgehead atoms. The van der Waals surface area contributed by atoms with Crippen LogP contribution in [0.3, 0.4) is 0 Å². The first kappa shape index (κ1) is 26.8. The number of hydrogen-bond acceptors (Lipinski definition) is 5. The molecule has 39 heavy (non-hydrogen) atoms. The van der Waals surface area contributed by atoms with Gasteiger partial charge in [0.2, 0.25) is 0 Å². The molecule has 1 saturated carbocycles. The second kappa shape index (κ2) is 11.5. The van der Waals surface area contributed by atoms with Crippen molar-refractivity contribution in [2.75, 3.05) is 7.11 Å². The van der Waals surface area contributed by atoms with Crippen molar-refractivity contribution in [2.24, 2.45) is 0 Å². The first-order chi connectivity index (χ1) is 18.9. The lowest BCUT2D eigenvalue weighted by atomic mass is 9.91. The third-order valence-corrected chi connectivity index (χ3v) is 7.84. The van der Waals surface area contributed by atoms with Crippen LogP contribution in [-0.4, -0.2) is 40.6 Å². The van der Waals surface area contributed by atoms with Crippen molar-refractivity contribution in [3.8, 4) is 11.5 Å². The predicted molar refractivity (Wildman–Crippen MR) is 147 cm³/mol. The zero-order valence-electron chi connectivity index (χ0n) is 22.5. The summed E-state index contributed by atoms with van der Waals surface area (Å²) < 4.78 is 18.3. The summed E-state index contributed by atoms with van der Waals surface area (Å²) >= 11 is 0. The highest BCUT2D eigenvalue weighted by Crippen LogP contribution is 2.41. The van der Waals surface area contributed by atoms with Gasteiger partial charge in [0, 0.05) is 18.5 Å². The molecule has 7 heteroatoms. The summed E-state index contributed by atoms with van der Waals surface area (Å²) in [5.74, 6) is -0.348. The number of benzene rings is 3. The molecule has 1 N–H and O–H groups in total. The van der Waals surface area contributed by atoms with Crippen LogP contribution in [0.25, 0.3) is 0 Å². The van der Waals surface area contributed by atoms with E-state index in [2.05, 4.69) is 0 Å². The number of carboxylic acid groups (broad SMARTS) is 1. The fourth-order valence-corrected chi connectivity index (χ4v) is 5.68. The molecule has 0 radical (unpaired) electrons. The molecule has 1 aliphatic heterocycles. The quantitative estimate of drug-likeness (QED) is 0.383. The van der Waals surface area contributed by atoms with Gasteiger partial charge in [-0.15, -0.1) is 0 Å². The first-order valence-electron chi connectivity index (χ1n) is 13.5. The topological polar surface area (TPSA) is 85.3 Å². The molecule has 2 aliphatic rings. The number of methoxy groups -OCH3 is 1. The Hall–Kier alpha value is -3.84. The summed E-state index contributed by atoms with van der Waals surface area (Å²) in [6.45, 7) is 2.50. The molecule has 0 aromatic heterocycles. The Balaban J connectivity index is 1.47. The Labute approximate surface area is 229 Å². The van der Waals surface area contributed by atoms with Gasteiger partial charge in [0.15, 0.2) is 17.6 Å². The van der Waals surface area contributed by atoms with Crippen LogP contribution in [0.15, 0.2) is 72.8 Å². The predicted octanol–water partition coefficient (Wildman–Crippen LogP) is 5.70. The molecule has 1 heterocycles. The van der Waals surface area contributed by atoms with Crippen molar-refractivity contribution >= 4 is 11.9 Å². The Kier molecular flexibility index (Phi) is 7.89. The van der Waals surface area contributed by atoms with Crippen LogP contribution in [0.1, 0.15) is 61.0 Å². The maximum atomic E-state index is 14.2. The lowest BCUT2D eigenvalue weighted by Gasteiger charge is -2.39. The number of nitrogens with zero attached hydrogens (tertiary/aromatic N) is 1. The van der Waals surface area contributed by atoms with Crippen LogP contribution < -0.4 is 9.47 Å². The first-order valence-corrected chi connectivity index (χ1v) is 13.5. The summed E-state index contributed by atoms with van der Waals surface area (Å²) in [6, 6.07) is 21.8. The van der Waals surface area contributed by atoms with Gasteiger partial charge < -0.3 is 24.2 Å². The number of carbonyl (C=O) groups excluding carboxylic acids is 1. The van der Waals surface area contributed by atoms with Gasteiger partial charge in [-0.3, -0.25) is 4.79 Å². The van der Waals surface area contributed by atoms with E-state index in [1.807, 2.05) is 79.7 Å². The lowest BCUT2D eigenvalue weighted by Crippen LogP contribution is -2.51. The van der Waals surface area contributed by atoms with E-state index < -0.39 is 23.7 Å². The second-order valence-corrected chi connectivity index (χ2v) is 10.6. The Morgan fingerprint density at radius 2 is 1.67 bits per heavy atom. The zero-order chi connectivity index (χ0) is 27.4. The molecular formula is C32H35NO6. The number of carboxylic acids is 1. The molecule has 2 atom stereocenters. The van der Waals surface area contributed by atoms with Crippen LogP contribution in [-0.2, 0) is 33.9 Å². The Morgan fingerprint density at radius 1 is 1.00 bits per heavy atom. The molecule has 7 nitrogen and oxygen atoms in total. The van der Waals surface area contributed by atoms with E-state index in [4.69, 9.17) is 14.2 Å². The van der Waals surface area contributed by atoms with Crippen molar-refractivity contribution in [1.29, 1.82) is 0 Å². The molecular weight excluding hydrogens is 494 g/mol. The molecule has 1 amide bonds. The minimum atomic E-state index is -1.07. The number of amides is 1. The van der Waals surface area contributed by atoms with Gasteiger partial charge >= 0.3 is 5.97 Å². The fourth-order valence-electron chi connectivity index (χ4n) is 5.68. The summed E-state index contributed by atoms with van der Waals surface area (Å²) in [6.07, 6.45) is 3.07. The number of ether oxygens (including phenoxy) is 3. The molecule has 1 aliphatic carbocycles. The van der Waals surface area contributed by atoms with Crippen molar-refractivity contribution in [3.63, 3.8) is 0 Å². The normalized spacial score (nSPS) is 18.7. The number of fused-ring (bicyclic) bond motifs is 1. The maximum absolute atomic E-state index is 14.2. The van der Waals surface area contributed by atoms with Gasteiger partial charge in [0.1, 0.15) is 12.6 Å². The molecule has 3 aromatic rings. The van der Waals surface area contributed by atoms with Gasteiger partial charge in [-0.25, -0.2) is 4.79 Å². The average molecular weight is 530 g/mol. The number of carbonyl (C=O) groups is 2. The van der Waals surface area contributed by atoms with Crippen LogP contribution in [0.5, 0.6) is 11.5 Å². The van der Waals surface area contributed by atoms with Crippen molar-refractivity contribution in [3.05, 3.63) is 95.1 Å². The van der Waals surface area contributed by atoms with E-state index in [-0.39, 0.29) is 18.9 Å². The third kappa shape index (κ3) is 5.78. The monoisotopic (exact) mass is 529 g/mol. The standard InChI is InChI=1S/C32H35NO6/c1-32(17-9-10-18-32)39-28(23-13-7-4-8-14-23)30(34)33-20-24-15-16-27(37-2)29(25(24)19-26(33)31(35)36)38-21-22-11-5-3-6-12-22/h3-8,11-16,26,28H,9-10,17-21H2,1-2H3,(H,35,36)/t26-,28-/m1/s1. The van der Waals surface area contributed by atoms with Gasteiger partial charge in [-0.2, -0.15) is 0 Å². The van der Waals surface area contributed by atoms with Crippen LogP contribution in [0, 0.1) is 0 Å². The number of aliphatic carboxylic acids is 1. The van der Waals surface area contributed by atoms with Crippen LogP contribution in [0.4, 0.5) is 0 Å². The highest BCUT2D eigenvalue weighted by molar-refractivity contribution is 5.88. The largest absolute Gasteiger partial charge is 0.493 e. The molecule has 5 rings (SSSR count). The van der Waals surface area contributed by atoms with Gasteiger partial charge in [-0.05, 0) is 42.5 Å². The smallest absolute Gasteiger partial charge is 0.326 e. The second-order valence-electron chi connectivity index (χ2n) is 10.6. The minimum absolute atomic E-state index is 0.108.